The van der Waals surface area contributed by atoms with Crippen LogP contribution >= 0.6 is 23.2 Å². The molecule has 0 radical (unpaired) electrons. The quantitative estimate of drug-likeness (QED) is 0.879. The molecule has 1 aliphatic heterocycles. The van der Waals surface area contributed by atoms with Gasteiger partial charge in [-0.15, -0.1) is 0 Å². The molecule has 0 bridgehead atoms. The largest absolute Gasteiger partial charge is 0.495 e. The Morgan fingerprint density at radius 1 is 1.36 bits per heavy atom. The molecule has 1 heterocycles. The number of hydrogen-bond acceptors (Lipinski definition) is 3. The highest BCUT2D eigenvalue weighted by molar-refractivity contribution is 6.42. The lowest BCUT2D eigenvalue weighted by atomic mass is 9.90. The van der Waals surface area contributed by atoms with Gasteiger partial charge in [0.1, 0.15) is 5.75 Å². The first-order chi connectivity index (χ1) is 10.3. The average Bonchev–Trinajstić information content (AvgIpc) is 2.86. The molecule has 8 heteroatoms. The number of nitrogens with zero attached hydrogens (tertiary/aromatic N) is 1. The van der Waals surface area contributed by atoms with E-state index in [-0.39, 0.29) is 11.6 Å². The summed E-state index contributed by atoms with van der Waals surface area (Å²) in [4.78, 5) is 25.0. The summed E-state index contributed by atoms with van der Waals surface area (Å²) in [5.74, 6) is -0.530. The van der Waals surface area contributed by atoms with Gasteiger partial charge in [-0.25, -0.2) is 4.79 Å². The highest BCUT2D eigenvalue weighted by atomic mass is 35.5. The zero-order valence-corrected chi connectivity index (χ0v) is 13.7. The van der Waals surface area contributed by atoms with Gasteiger partial charge in [0.05, 0.1) is 28.3 Å². The summed E-state index contributed by atoms with van der Waals surface area (Å²) in [6.07, 6.45) is 0.411. The third kappa shape index (κ3) is 3.23. The van der Waals surface area contributed by atoms with Gasteiger partial charge in [0.2, 0.25) is 0 Å². The molecule has 6 nitrogen and oxygen atoms in total. The summed E-state index contributed by atoms with van der Waals surface area (Å²) >= 11 is 11.8. The Bertz CT molecular complexity index is 623. The number of amides is 2. The van der Waals surface area contributed by atoms with Gasteiger partial charge in [-0.05, 0) is 19.4 Å². The second-order valence-corrected chi connectivity index (χ2v) is 6.25. The van der Waals surface area contributed by atoms with E-state index in [0.29, 0.717) is 29.4 Å². The number of urea groups is 1. The minimum Gasteiger partial charge on any atom is -0.495 e. The van der Waals surface area contributed by atoms with E-state index in [1.807, 2.05) is 0 Å². The maximum Gasteiger partial charge on any atom is 0.321 e. The first-order valence-electron chi connectivity index (χ1n) is 6.59. The lowest BCUT2D eigenvalue weighted by molar-refractivity contribution is -0.146. The number of carbonyl (C=O) groups is 2. The van der Waals surface area contributed by atoms with Crippen LogP contribution in [0.15, 0.2) is 12.1 Å². The molecule has 1 unspecified atom stereocenters. The maximum absolute atomic E-state index is 12.3. The second-order valence-electron chi connectivity index (χ2n) is 5.43. The molecule has 2 amide bonds. The Kier molecular flexibility index (Phi) is 4.72. The zero-order valence-electron chi connectivity index (χ0n) is 12.2. The summed E-state index contributed by atoms with van der Waals surface area (Å²) < 4.78 is 5.15. The van der Waals surface area contributed by atoms with Crippen LogP contribution in [0.4, 0.5) is 10.5 Å². The normalized spacial score (nSPS) is 20.8. The highest BCUT2D eigenvalue weighted by Crippen LogP contribution is 2.35. The van der Waals surface area contributed by atoms with Crippen molar-refractivity contribution in [1.29, 1.82) is 0 Å². The van der Waals surface area contributed by atoms with Crippen molar-refractivity contribution < 1.29 is 19.4 Å². The molecule has 1 aromatic rings. The number of carboxylic acids is 1. The number of nitrogens with one attached hydrogen (secondary N) is 1. The number of rotatable bonds is 3. The summed E-state index contributed by atoms with van der Waals surface area (Å²) in [5.41, 5.74) is -0.537. The summed E-state index contributed by atoms with van der Waals surface area (Å²) in [5, 5.41) is 12.5. The monoisotopic (exact) mass is 346 g/mol. The van der Waals surface area contributed by atoms with Crippen LogP contribution in [0.3, 0.4) is 0 Å². The van der Waals surface area contributed by atoms with Crippen molar-refractivity contribution in [3.8, 4) is 5.75 Å². The second kappa shape index (κ2) is 6.22. The topological polar surface area (TPSA) is 78.9 Å². The summed E-state index contributed by atoms with van der Waals surface area (Å²) in [6.45, 7) is 2.15. The standard InChI is InChI=1S/C14H16Cl2N2O4/c1-14(12(19)20)3-4-18(7-14)13(21)17-10-5-8(15)9(16)6-11(10)22-2/h5-6H,3-4,7H2,1-2H3,(H,17,21)(H,19,20). The van der Waals surface area contributed by atoms with Crippen molar-refractivity contribution in [2.24, 2.45) is 5.41 Å². The number of carboxylic acid groups (broad SMARTS) is 1. The lowest BCUT2D eigenvalue weighted by Gasteiger charge is -2.21. The molecule has 1 aliphatic rings. The van der Waals surface area contributed by atoms with Crippen molar-refractivity contribution in [3.05, 3.63) is 22.2 Å². The van der Waals surface area contributed by atoms with Crippen LogP contribution < -0.4 is 10.1 Å². The van der Waals surface area contributed by atoms with Crippen LogP contribution in [0.5, 0.6) is 5.75 Å². The first kappa shape index (κ1) is 16.7. The molecule has 22 heavy (non-hydrogen) atoms. The lowest BCUT2D eigenvalue weighted by Crippen LogP contribution is -2.37. The van der Waals surface area contributed by atoms with Crippen molar-refractivity contribution in [2.45, 2.75) is 13.3 Å². The van der Waals surface area contributed by atoms with Gasteiger partial charge in [-0.2, -0.15) is 0 Å². The molecular formula is C14H16Cl2N2O4. The van der Waals surface area contributed by atoms with Crippen LogP contribution in [0.1, 0.15) is 13.3 Å². The molecule has 1 aromatic carbocycles. The molecule has 1 fully saturated rings. The van der Waals surface area contributed by atoms with Crippen molar-refractivity contribution in [2.75, 3.05) is 25.5 Å². The van der Waals surface area contributed by atoms with E-state index in [1.165, 1.54) is 24.1 Å². The Morgan fingerprint density at radius 3 is 2.55 bits per heavy atom. The number of hydrogen-bond donors (Lipinski definition) is 2. The van der Waals surface area contributed by atoms with Gasteiger partial charge < -0.3 is 20.1 Å². The van der Waals surface area contributed by atoms with E-state index >= 15 is 0 Å². The number of carbonyl (C=O) groups excluding carboxylic acids is 1. The number of methoxy groups -OCH3 is 1. The summed E-state index contributed by atoms with van der Waals surface area (Å²) in [6, 6.07) is 2.60. The molecule has 0 aromatic heterocycles. The van der Waals surface area contributed by atoms with E-state index in [0.717, 1.165) is 0 Å². The summed E-state index contributed by atoms with van der Waals surface area (Å²) in [7, 11) is 1.45. The Balaban J connectivity index is 2.14. The van der Waals surface area contributed by atoms with Gasteiger partial charge in [0, 0.05) is 19.2 Å². The van der Waals surface area contributed by atoms with Gasteiger partial charge in [0.15, 0.2) is 0 Å². The average molecular weight is 347 g/mol. The molecule has 0 saturated carbocycles. The molecular weight excluding hydrogens is 331 g/mol. The van der Waals surface area contributed by atoms with Crippen LogP contribution in [0.25, 0.3) is 0 Å². The van der Waals surface area contributed by atoms with Crippen molar-refractivity contribution in [1.82, 2.24) is 4.90 Å². The zero-order chi connectivity index (χ0) is 16.5. The van der Waals surface area contributed by atoms with E-state index in [9.17, 15) is 14.7 Å². The Hall–Kier alpha value is -1.66. The Morgan fingerprint density at radius 2 is 2.00 bits per heavy atom. The van der Waals surface area contributed by atoms with E-state index in [1.54, 1.807) is 6.92 Å². The van der Waals surface area contributed by atoms with Crippen LogP contribution in [0, 0.1) is 5.41 Å². The fourth-order valence-corrected chi connectivity index (χ4v) is 2.62. The fraction of sp³-hybridized carbons (Fsp3) is 0.429. The van der Waals surface area contributed by atoms with Gasteiger partial charge in [-0.3, -0.25) is 4.79 Å². The van der Waals surface area contributed by atoms with Gasteiger partial charge in [0.25, 0.3) is 0 Å². The molecule has 0 aliphatic carbocycles. The molecule has 120 valence electrons. The molecule has 1 saturated heterocycles. The minimum atomic E-state index is -0.918. The fourth-order valence-electron chi connectivity index (χ4n) is 2.30. The van der Waals surface area contributed by atoms with E-state index in [2.05, 4.69) is 5.32 Å². The van der Waals surface area contributed by atoms with Crippen LogP contribution in [-0.4, -0.2) is 42.2 Å². The predicted octanol–water partition coefficient (Wildman–Crippen LogP) is 3.33. The van der Waals surface area contributed by atoms with Gasteiger partial charge >= 0.3 is 12.0 Å². The van der Waals surface area contributed by atoms with E-state index < -0.39 is 17.4 Å². The van der Waals surface area contributed by atoms with E-state index in [4.69, 9.17) is 27.9 Å². The SMILES string of the molecule is COc1cc(Cl)c(Cl)cc1NC(=O)N1CCC(C)(C(=O)O)C1. The van der Waals surface area contributed by atoms with Crippen molar-refractivity contribution >= 4 is 40.9 Å². The third-order valence-electron chi connectivity index (χ3n) is 3.76. The number of halogens is 2. The van der Waals surface area contributed by atoms with Gasteiger partial charge in [-0.1, -0.05) is 23.2 Å². The minimum absolute atomic E-state index is 0.151. The maximum atomic E-state index is 12.3. The molecule has 2 rings (SSSR count). The smallest absolute Gasteiger partial charge is 0.321 e. The van der Waals surface area contributed by atoms with Crippen molar-refractivity contribution in [3.63, 3.8) is 0 Å². The predicted molar refractivity (Wildman–Crippen MR) is 84.0 cm³/mol. The van der Waals surface area contributed by atoms with Crippen LogP contribution in [-0.2, 0) is 4.79 Å². The number of aliphatic carboxylic acids is 1. The highest BCUT2D eigenvalue weighted by Gasteiger charge is 2.42. The first-order valence-corrected chi connectivity index (χ1v) is 7.35. The number of anilines is 1. The third-order valence-corrected chi connectivity index (χ3v) is 4.48. The number of ether oxygens (including phenoxy) is 1. The molecule has 2 N–H and O–H groups in total. The molecule has 1 atom stereocenters. The Labute approximate surface area is 137 Å². The number of benzene rings is 1. The number of likely N-dealkylation sites (tertiary alicyclic amines) is 1. The molecule has 0 spiro atoms. The van der Waals surface area contributed by atoms with Crippen LogP contribution in [0.2, 0.25) is 10.0 Å².